The molecule has 3 aromatic rings. The number of para-hydroxylation sites is 2. The van der Waals surface area contributed by atoms with Gasteiger partial charge in [0.05, 0.1) is 19.4 Å². The molecule has 1 N–H and O–H groups in total. The third-order valence-electron chi connectivity index (χ3n) is 5.33. The van der Waals surface area contributed by atoms with Crippen molar-refractivity contribution in [3.05, 3.63) is 76.7 Å². The molecule has 1 aliphatic rings. The lowest BCUT2D eigenvalue weighted by Crippen LogP contribution is -2.30. The van der Waals surface area contributed by atoms with E-state index in [4.69, 9.17) is 21.7 Å². The highest BCUT2D eigenvalue weighted by atomic mass is 32.2. The number of halogens is 2. The van der Waals surface area contributed by atoms with Crippen molar-refractivity contribution in [3.63, 3.8) is 0 Å². The van der Waals surface area contributed by atoms with E-state index in [1.807, 2.05) is 31.2 Å². The summed E-state index contributed by atoms with van der Waals surface area (Å²) >= 11 is 6.67. The second-order valence-corrected chi connectivity index (χ2v) is 9.24. The van der Waals surface area contributed by atoms with Crippen LogP contribution in [0.2, 0.25) is 0 Å². The SMILES string of the molecule is CCOc1ccccc1N1C(=O)/C(=C\c2ccc(OC)c(CSc3nc(C)cc(C(F)F)n3)c2)NC1=S. The quantitative estimate of drug-likeness (QED) is 0.160. The molecule has 0 spiro atoms. The average molecular weight is 543 g/mol. The summed E-state index contributed by atoms with van der Waals surface area (Å²) in [5.41, 5.74) is 2.55. The summed E-state index contributed by atoms with van der Waals surface area (Å²) in [6.07, 6.45) is -0.975. The van der Waals surface area contributed by atoms with Crippen molar-refractivity contribution in [3.8, 4) is 11.5 Å². The lowest BCUT2D eigenvalue weighted by molar-refractivity contribution is -0.113. The summed E-state index contributed by atoms with van der Waals surface area (Å²) in [6, 6.07) is 13.9. The zero-order valence-electron chi connectivity index (χ0n) is 20.3. The maximum Gasteiger partial charge on any atom is 0.281 e. The number of methoxy groups -OCH3 is 1. The van der Waals surface area contributed by atoms with E-state index in [-0.39, 0.29) is 21.9 Å². The number of alkyl halides is 2. The number of hydrogen-bond acceptors (Lipinski definition) is 7. The van der Waals surface area contributed by atoms with Crippen LogP contribution in [0.15, 0.2) is 59.4 Å². The van der Waals surface area contributed by atoms with E-state index in [0.717, 1.165) is 11.1 Å². The summed E-state index contributed by atoms with van der Waals surface area (Å²) in [7, 11) is 1.55. The number of hydrogen-bond donors (Lipinski definition) is 1. The molecule has 0 aliphatic carbocycles. The number of carbonyl (C=O) groups is 1. The Bertz CT molecular complexity index is 1370. The molecule has 11 heteroatoms. The van der Waals surface area contributed by atoms with E-state index in [1.165, 1.54) is 22.7 Å². The molecule has 0 atom stereocenters. The van der Waals surface area contributed by atoms with Crippen LogP contribution in [-0.4, -0.2) is 34.7 Å². The first kappa shape index (κ1) is 26.5. The summed E-state index contributed by atoms with van der Waals surface area (Å²) in [6.45, 7) is 3.97. The lowest BCUT2D eigenvalue weighted by Gasteiger charge is -2.17. The van der Waals surface area contributed by atoms with Gasteiger partial charge >= 0.3 is 0 Å². The maximum absolute atomic E-state index is 13.3. The number of anilines is 1. The number of nitrogens with zero attached hydrogens (tertiary/aromatic N) is 3. The van der Waals surface area contributed by atoms with E-state index in [9.17, 15) is 13.6 Å². The van der Waals surface area contributed by atoms with Crippen molar-refractivity contribution in [2.75, 3.05) is 18.6 Å². The van der Waals surface area contributed by atoms with Gasteiger partial charge in [0, 0.05) is 17.0 Å². The van der Waals surface area contributed by atoms with Crippen LogP contribution in [0.1, 0.15) is 35.9 Å². The van der Waals surface area contributed by atoms with Gasteiger partial charge in [0.25, 0.3) is 12.3 Å². The predicted molar refractivity (Wildman–Crippen MR) is 143 cm³/mol. The summed E-state index contributed by atoms with van der Waals surface area (Å²) in [5.74, 6) is 1.24. The molecule has 2 heterocycles. The van der Waals surface area contributed by atoms with Gasteiger partial charge in [-0.2, -0.15) is 0 Å². The van der Waals surface area contributed by atoms with Gasteiger partial charge in [0.15, 0.2) is 10.3 Å². The average Bonchev–Trinajstić information content (AvgIpc) is 3.15. The smallest absolute Gasteiger partial charge is 0.281 e. The highest BCUT2D eigenvalue weighted by Crippen LogP contribution is 2.33. The topological polar surface area (TPSA) is 76.6 Å². The molecule has 0 radical (unpaired) electrons. The molecule has 4 rings (SSSR count). The summed E-state index contributed by atoms with van der Waals surface area (Å²) in [5, 5.41) is 3.49. The maximum atomic E-state index is 13.3. The van der Waals surface area contributed by atoms with E-state index in [2.05, 4.69) is 15.3 Å². The number of aromatic nitrogens is 2. The number of thiocarbonyl (C=S) groups is 1. The van der Waals surface area contributed by atoms with Crippen LogP contribution < -0.4 is 19.7 Å². The van der Waals surface area contributed by atoms with Crippen molar-refractivity contribution in [1.82, 2.24) is 15.3 Å². The molecule has 1 fully saturated rings. The Kier molecular flexibility index (Phi) is 8.34. The van der Waals surface area contributed by atoms with Gasteiger partial charge in [-0.05, 0) is 68.0 Å². The minimum atomic E-state index is -2.67. The zero-order chi connectivity index (χ0) is 26.5. The van der Waals surface area contributed by atoms with Crippen molar-refractivity contribution >= 4 is 46.8 Å². The Morgan fingerprint density at radius 1 is 1.16 bits per heavy atom. The van der Waals surface area contributed by atoms with Crippen LogP contribution in [0.4, 0.5) is 14.5 Å². The number of carbonyl (C=O) groups excluding carboxylic acids is 1. The normalized spacial score (nSPS) is 14.4. The molecule has 1 amide bonds. The molecule has 2 aromatic carbocycles. The van der Waals surface area contributed by atoms with Gasteiger partial charge < -0.3 is 14.8 Å². The Balaban J connectivity index is 1.58. The Morgan fingerprint density at radius 3 is 2.68 bits per heavy atom. The molecule has 1 aromatic heterocycles. The highest BCUT2D eigenvalue weighted by molar-refractivity contribution is 7.98. The fourth-order valence-corrected chi connectivity index (χ4v) is 4.90. The molecular formula is C26H24F2N4O3S2. The fraction of sp³-hybridized carbons (Fsp3) is 0.231. The standard InChI is InChI=1S/C26H24F2N4O3S2/c1-4-35-22-8-6-5-7-20(22)32-24(33)19(31-26(32)36)13-16-9-10-21(34-3)17(12-16)14-37-25-29-15(2)11-18(30-25)23(27)28/h5-13,23H,4,14H2,1-3H3,(H,31,36)/b19-13+. The van der Waals surface area contributed by atoms with Crippen molar-refractivity contribution in [2.24, 2.45) is 0 Å². The summed E-state index contributed by atoms with van der Waals surface area (Å²) < 4.78 is 37.4. The lowest BCUT2D eigenvalue weighted by atomic mass is 10.1. The van der Waals surface area contributed by atoms with Gasteiger partial charge in [-0.1, -0.05) is 30.0 Å². The number of amides is 1. The van der Waals surface area contributed by atoms with Crippen molar-refractivity contribution in [1.29, 1.82) is 0 Å². The van der Waals surface area contributed by atoms with Gasteiger partial charge in [-0.25, -0.2) is 23.6 Å². The van der Waals surface area contributed by atoms with E-state index in [1.54, 1.807) is 38.3 Å². The zero-order valence-corrected chi connectivity index (χ0v) is 22.0. The van der Waals surface area contributed by atoms with Crippen LogP contribution in [0, 0.1) is 6.92 Å². The summed E-state index contributed by atoms with van der Waals surface area (Å²) in [4.78, 5) is 22.9. The predicted octanol–water partition coefficient (Wildman–Crippen LogP) is 5.68. The van der Waals surface area contributed by atoms with Crippen LogP contribution in [0.25, 0.3) is 6.08 Å². The monoisotopic (exact) mass is 542 g/mol. The number of thioether (sulfide) groups is 1. The second-order valence-electron chi connectivity index (χ2n) is 7.91. The first-order chi connectivity index (χ1) is 17.8. The third-order valence-corrected chi connectivity index (χ3v) is 6.51. The minimum Gasteiger partial charge on any atom is -0.496 e. The first-order valence-corrected chi connectivity index (χ1v) is 12.7. The highest BCUT2D eigenvalue weighted by Gasteiger charge is 2.33. The van der Waals surface area contributed by atoms with E-state index in [0.29, 0.717) is 40.9 Å². The molecule has 1 saturated heterocycles. The number of aryl methyl sites for hydroxylation is 1. The Hall–Kier alpha value is -3.57. The van der Waals surface area contributed by atoms with Gasteiger partial charge in [0.1, 0.15) is 22.9 Å². The van der Waals surface area contributed by atoms with Crippen LogP contribution in [0.5, 0.6) is 11.5 Å². The Morgan fingerprint density at radius 2 is 1.95 bits per heavy atom. The second kappa shape index (κ2) is 11.7. The van der Waals surface area contributed by atoms with Crippen LogP contribution >= 0.6 is 24.0 Å². The number of benzene rings is 2. The molecule has 0 saturated carbocycles. The van der Waals surface area contributed by atoms with Crippen molar-refractivity contribution < 1.29 is 23.0 Å². The van der Waals surface area contributed by atoms with Gasteiger partial charge in [-0.3, -0.25) is 4.79 Å². The largest absolute Gasteiger partial charge is 0.496 e. The molecule has 192 valence electrons. The molecular weight excluding hydrogens is 518 g/mol. The van der Waals surface area contributed by atoms with Gasteiger partial charge in [0.2, 0.25) is 0 Å². The molecule has 1 aliphatic heterocycles. The van der Waals surface area contributed by atoms with Crippen LogP contribution in [0.3, 0.4) is 0 Å². The fourth-order valence-electron chi connectivity index (χ4n) is 3.72. The third kappa shape index (κ3) is 6.05. The number of ether oxygens (including phenoxy) is 2. The van der Waals surface area contributed by atoms with E-state index >= 15 is 0 Å². The molecule has 0 bridgehead atoms. The first-order valence-electron chi connectivity index (χ1n) is 11.3. The molecule has 37 heavy (non-hydrogen) atoms. The Labute approximate surface area is 222 Å². The van der Waals surface area contributed by atoms with Crippen molar-refractivity contribution in [2.45, 2.75) is 31.2 Å². The number of nitrogens with one attached hydrogen (secondary N) is 1. The van der Waals surface area contributed by atoms with Gasteiger partial charge in [-0.15, -0.1) is 0 Å². The van der Waals surface area contributed by atoms with E-state index < -0.39 is 6.43 Å². The molecule has 0 unspecified atom stereocenters. The molecule has 7 nitrogen and oxygen atoms in total. The van der Waals surface area contributed by atoms with Crippen LogP contribution in [-0.2, 0) is 10.5 Å². The number of rotatable bonds is 9. The minimum absolute atomic E-state index is 0.249.